The smallest absolute Gasteiger partial charge is 0.270 e. The zero-order valence-electron chi connectivity index (χ0n) is 11.7. The Hall–Kier alpha value is -1.01. The molecule has 0 spiro atoms. The van der Waals surface area contributed by atoms with Crippen LogP contribution in [0.4, 0.5) is 0 Å². The number of aromatic nitrogens is 1. The number of carbonyl (C=O) groups is 1. The zero-order valence-corrected chi connectivity index (χ0v) is 13.2. The molecule has 0 saturated heterocycles. The van der Waals surface area contributed by atoms with E-state index in [4.69, 9.17) is 10.7 Å². The quantitative estimate of drug-likeness (QED) is 0.783. The first-order chi connectivity index (χ1) is 9.34. The molecule has 1 aromatic rings. The third-order valence-corrected chi connectivity index (χ3v) is 5.10. The molecule has 20 heavy (non-hydrogen) atoms. The highest BCUT2D eigenvalue weighted by Gasteiger charge is 2.29. The lowest BCUT2D eigenvalue weighted by molar-refractivity contribution is 0.0641. The Labute approximate surface area is 123 Å². The fraction of sp³-hybridized carbons (Fsp3) is 0.615. The molecule has 1 aliphatic carbocycles. The van der Waals surface area contributed by atoms with Gasteiger partial charge in [0, 0.05) is 36.5 Å². The van der Waals surface area contributed by atoms with Crippen molar-refractivity contribution in [3.8, 4) is 0 Å². The fourth-order valence-electron chi connectivity index (χ4n) is 2.34. The van der Waals surface area contributed by atoms with Crippen molar-refractivity contribution in [2.24, 2.45) is 0 Å². The van der Waals surface area contributed by atoms with Gasteiger partial charge >= 0.3 is 0 Å². The number of hydrogen-bond acceptors (Lipinski definition) is 3. The van der Waals surface area contributed by atoms with E-state index in [1.165, 1.54) is 12.3 Å². The summed E-state index contributed by atoms with van der Waals surface area (Å²) < 4.78 is 24.5. The van der Waals surface area contributed by atoms with E-state index >= 15 is 0 Å². The molecule has 1 fully saturated rings. The van der Waals surface area contributed by atoms with Crippen LogP contribution in [0.1, 0.15) is 43.1 Å². The minimum atomic E-state index is -3.81. The Kier molecular flexibility index (Phi) is 4.44. The topological polar surface area (TPSA) is 59.4 Å². The predicted molar refractivity (Wildman–Crippen MR) is 77.5 cm³/mol. The van der Waals surface area contributed by atoms with Crippen molar-refractivity contribution in [1.82, 2.24) is 9.47 Å². The number of halogens is 1. The van der Waals surface area contributed by atoms with Crippen molar-refractivity contribution >= 4 is 25.6 Å². The van der Waals surface area contributed by atoms with E-state index in [2.05, 4.69) is 0 Å². The SMILES string of the molecule is CCCn1cc(S(=O)(=O)Cl)cc1C(=O)N(C)C1CCC1. The normalized spacial score (nSPS) is 15.9. The summed E-state index contributed by atoms with van der Waals surface area (Å²) in [5, 5.41) is 0. The highest BCUT2D eigenvalue weighted by Crippen LogP contribution is 2.26. The lowest BCUT2D eigenvalue weighted by Gasteiger charge is -2.34. The maximum absolute atomic E-state index is 12.5. The maximum Gasteiger partial charge on any atom is 0.270 e. The van der Waals surface area contributed by atoms with Crippen molar-refractivity contribution in [3.05, 3.63) is 18.0 Å². The van der Waals surface area contributed by atoms with Crippen molar-refractivity contribution in [1.29, 1.82) is 0 Å². The molecule has 1 aromatic heterocycles. The van der Waals surface area contributed by atoms with Gasteiger partial charge in [-0.2, -0.15) is 0 Å². The second kappa shape index (κ2) is 5.77. The van der Waals surface area contributed by atoms with E-state index in [-0.39, 0.29) is 16.8 Å². The predicted octanol–water partition coefficient (Wildman–Crippen LogP) is 2.45. The molecule has 0 bridgehead atoms. The third-order valence-electron chi connectivity index (χ3n) is 3.78. The highest BCUT2D eigenvalue weighted by atomic mass is 35.7. The minimum absolute atomic E-state index is 0.0158. The van der Waals surface area contributed by atoms with Gasteiger partial charge in [0.05, 0.1) is 0 Å². The summed E-state index contributed by atoms with van der Waals surface area (Å²) in [6.07, 6.45) is 5.41. The standard InChI is InChI=1S/C13H19ClN2O3S/c1-3-7-16-9-11(20(14,18)19)8-12(16)13(17)15(2)10-5-4-6-10/h8-10H,3-7H2,1-2H3. The molecule has 1 aliphatic rings. The van der Waals surface area contributed by atoms with Crippen LogP contribution in [0.5, 0.6) is 0 Å². The van der Waals surface area contributed by atoms with Gasteiger partial charge in [-0.05, 0) is 31.7 Å². The first kappa shape index (κ1) is 15.4. The Morgan fingerprint density at radius 3 is 2.60 bits per heavy atom. The number of carbonyl (C=O) groups excluding carboxylic acids is 1. The largest absolute Gasteiger partial charge is 0.342 e. The van der Waals surface area contributed by atoms with Crippen molar-refractivity contribution in [2.75, 3.05) is 7.05 Å². The second-order valence-corrected chi connectivity index (χ2v) is 7.76. The molecule has 2 rings (SSSR count). The van der Waals surface area contributed by atoms with Gasteiger partial charge in [0.2, 0.25) is 0 Å². The summed E-state index contributed by atoms with van der Waals surface area (Å²) >= 11 is 0. The van der Waals surface area contributed by atoms with Gasteiger partial charge in [-0.1, -0.05) is 6.92 Å². The van der Waals surface area contributed by atoms with Crippen LogP contribution in [-0.4, -0.2) is 36.9 Å². The van der Waals surface area contributed by atoms with E-state index in [0.29, 0.717) is 12.2 Å². The second-order valence-electron chi connectivity index (χ2n) is 5.19. The van der Waals surface area contributed by atoms with Crippen molar-refractivity contribution in [2.45, 2.75) is 50.1 Å². The average Bonchev–Trinajstić information content (AvgIpc) is 2.70. The van der Waals surface area contributed by atoms with Crippen molar-refractivity contribution < 1.29 is 13.2 Å². The van der Waals surface area contributed by atoms with E-state index in [1.54, 1.807) is 16.5 Å². The number of amides is 1. The molecule has 112 valence electrons. The lowest BCUT2D eigenvalue weighted by atomic mass is 9.92. The Balaban J connectivity index is 2.33. The molecule has 5 nitrogen and oxygen atoms in total. The Morgan fingerprint density at radius 2 is 2.15 bits per heavy atom. The molecule has 0 unspecified atom stereocenters. The molecule has 0 atom stereocenters. The van der Waals surface area contributed by atoms with Crippen LogP contribution in [0.25, 0.3) is 0 Å². The van der Waals surface area contributed by atoms with Crippen LogP contribution in [0, 0.1) is 0 Å². The lowest BCUT2D eigenvalue weighted by Crippen LogP contribution is -2.42. The summed E-state index contributed by atoms with van der Waals surface area (Å²) in [5.41, 5.74) is 0.389. The molecule has 0 radical (unpaired) electrons. The van der Waals surface area contributed by atoms with Crippen LogP contribution < -0.4 is 0 Å². The fourth-order valence-corrected chi connectivity index (χ4v) is 3.10. The molecule has 1 heterocycles. The summed E-state index contributed by atoms with van der Waals surface area (Å²) in [7, 11) is 3.32. The van der Waals surface area contributed by atoms with Crippen LogP contribution in [0.3, 0.4) is 0 Å². The molecule has 7 heteroatoms. The minimum Gasteiger partial charge on any atom is -0.342 e. The molecule has 0 aliphatic heterocycles. The van der Waals surface area contributed by atoms with Gasteiger partial charge < -0.3 is 9.47 Å². The third kappa shape index (κ3) is 3.01. The van der Waals surface area contributed by atoms with E-state index in [0.717, 1.165) is 25.7 Å². The number of aryl methyl sites for hydroxylation is 1. The molecular formula is C13H19ClN2O3S. The molecule has 1 amide bonds. The number of rotatable bonds is 5. The number of hydrogen-bond donors (Lipinski definition) is 0. The number of nitrogens with zero attached hydrogens (tertiary/aromatic N) is 2. The van der Waals surface area contributed by atoms with Gasteiger partial charge in [0.15, 0.2) is 0 Å². The monoisotopic (exact) mass is 318 g/mol. The van der Waals surface area contributed by atoms with E-state index in [9.17, 15) is 13.2 Å². The Morgan fingerprint density at radius 1 is 1.50 bits per heavy atom. The summed E-state index contributed by atoms with van der Waals surface area (Å²) in [5.74, 6) is -0.144. The van der Waals surface area contributed by atoms with Crippen LogP contribution in [0.2, 0.25) is 0 Å². The average molecular weight is 319 g/mol. The molecule has 0 N–H and O–H groups in total. The first-order valence-corrected chi connectivity index (χ1v) is 9.07. The highest BCUT2D eigenvalue weighted by molar-refractivity contribution is 8.13. The molecule has 1 saturated carbocycles. The van der Waals surface area contributed by atoms with Gasteiger partial charge in [0.1, 0.15) is 10.6 Å². The first-order valence-electron chi connectivity index (χ1n) is 6.76. The van der Waals surface area contributed by atoms with Gasteiger partial charge in [-0.3, -0.25) is 4.79 Å². The molecular weight excluding hydrogens is 300 g/mol. The maximum atomic E-state index is 12.5. The van der Waals surface area contributed by atoms with E-state index < -0.39 is 9.05 Å². The van der Waals surface area contributed by atoms with Gasteiger partial charge in [0.25, 0.3) is 15.0 Å². The Bertz CT molecular complexity index is 605. The van der Waals surface area contributed by atoms with Gasteiger partial charge in [-0.15, -0.1) is 0 Å². The summed E-state index contributed by atoms with van der Waals surface area (Å²) in [4.78, 5) is 14.2. The van der Waals surface area contributed by atoms with Crippen LogP contribution in [-0.2, 0) is 15.6 Å². The van der Waals surface area contributed by atoms with Crippen LogP contribution in [0.15, 0.2) is 17.2 Å². The van der Waals surface area contributed by atoms with Crippen LogP contribution >= 0.6 is 10.7 Å². The van der Waals surface area contributed by atoms with E-state index in [1.807, 2.05) is 6.92 Å². The van der Waals surface area contributed by atoms with Crippen molar-refractivity contribution in [3.63, 3.8) is 0 Å². The zero-order chi connectivity index (χ0) is 14.9. The summed E-state index contributed by atoms with van der Waals surface area (Å²) in [6, 6.07) is 1.64. The summed E-state index contributed by atoms with van der Waals surface area (Å²) in [6.45, 7) is 2.56. The molecule has 0 aromatic carbocycles. The van der Waals surface area contributed by atoms with Gasteiger partial charge in [-0.25, -0.2) is 8.42 Å².